The van der Waals surface area contributed by atoms with Crippen molar-refractivity contribution in [3.05, 3.63) is 82.9 Å². The van der Waals surface area contributed by atoms with Gasteiger partial charge >= 0.3 is 0 Å². The number of benzene rings is 3. The predicted octanol–water partition coefficient (Wildman–Crippen LogP) is 4.45. The molecule has 1 aliphatic rings. The van der Waals surface area contributed by atoms with Crippen LogP contribution < -0.4 is 15.8 Å². The summed E-state index contributed by atoms with van der Waals surface area (Å²) in [6, 6.07) is 22.1. The van der Waals surface area contributed by atoms with Crippen LogP contribution in [0.3, 0.4) is 0 Å². The Hall–Kier alpha value is -2.82. The number of ether oxygens (including phenoxy) is 1. The quantitative estimate of drug-likeness (QED) is 0.651. The molecule has 0 aromatic heterocycles. The van der Waals surface area contributed by atoms with Crippen molar-refractivity contribution in [2.45, 2.75) is 18.9 Å². The van der Waals surface area contributed by atoms with Crippen LogP contribution in [0.4, 0.5) is 5.69 Å². The van der Waals surface area contributed by atoms with E-state index in [1.54, 1.807) is 12.1 Å². The van der Waals surface area contributed by atoms with Crippen LogP contribution in [0, 0.1) is 0 Å². The molecule has 5 heteroatoms. The Bertz CT molecular complexity index is 987. The van der Waals surface area contributed by atoms with E-state index in [2.05, 4.69) is 41.7 Å². The van der Waals surface area contributed by atoms with Gasteiger partial charge in [-0.15, -0.1) is 0 Å². The third kappa shape index (κ3) is 4.03. The fraction of sp³-hybridized carbons (Fsp3) is 0.174. The van der Waals surface area contributed by atoms with Gasteiger partial charge in [-0.05, 0) is 35.2 Å². The third-order valence-corrected chi connectivity index (χ3v) is 5.15. The first kappa shape index (κ1) is 18.5. The zero-order chi connectivity index (χ0) is 19.5. The maximum Gasteiger partial charge on any atom is 0.229 e. The first-order chi connectivity index (χ1) is 13.6. The molecule has 0 saturated heterocycles. The molecular weight excluding hydrogens is 372 g/mol. The molecule has 4 nitrogen and oxygen atoms in total. The fourth-order valence-corrected chi connectivity index (χ4v) is 3.64. The second-order valence-corrected chi connectivity index (χ2v) is 7.37. The highest BCUT2D eigenvalue weighted by Crippen LogP contribution is 2.37. The summed E-state index contributed by atoms with van der Waals surface area (Å²) in [6.07, 6.45) is 0.990. The number of anilines is 1. The lowest BCUT2D eigenvalue weighted by Crippen LogP contribution is -2.30. The van der Waals surface area contributed by atoms with Crippen molar-refractivity contribution in [3.8, 4) is 16.9 Å². The highest BCUT2D eigenvalue weighted by Gasteiger charge is 2.24. The van der Waals surface area contributed by atoms with Crippen LogP contribution in [0.5, 0.6) is 5.75 Å². The number of carbonyl (C=O) groups excluding carboxylic acids is 1. The van der Waals surface area contributed by atoms with E-state index in [0.717, 1.165) is 11.1 Å². The predicted molar refractivity (Wildman–Crippen MR) is 113 cm³/mol. The van der Waals surface area contributed by atoms with Crippen molar-refractivity contribution in [2.24, 2.45) is 5.73 Å². The Morgan fingerprint density at radius 2 is 1.71 bits per heavy atom. The van der Waals surface area contributed by atoms with Crippen LogP contribution >= 0.6 is 11.6 Å². The van der Waals surface area contributed by atoms with Crippen molar-refractivity contribution >= 4 is 23.2 Å². The molecule has 1 unspecified atom stereocenters. The van der Waals surface area contributed by atoms with E-state index in [0.29, 0.717) is 29.5 Å². The number of hydrogen-bond acceptors (Lipinski definition) is 3. The van der Waals surface area contributed by atoms with E-state index >= 15 is 0 Å². The van der Waals surface area contributed by atoms with E-state index < -0.39 is 0 Å². The topological polar surface area (TPSA) is 64.3 Å². The van der Waals surface area contributed by atoms with Crippen molar-refractivity contribution in [3.63, 3.8) is 0 Å². The molecular formula is C23H21ClN2O2. The fourth-order valence-electron chi connectivity index (χ4n) is 3.41. The summed E-state index contributed by atoms with van der Waals surface area (Å²) in [7, 11) is 0. The van der Waals surface area contributed by atoms with Crippen molar-refractivity contribution in [2.75, 3.05) is 11.9 Å². The minimum atomic E-state index is -0.154. The van der Waals surface area contributed by atoms with Crippen molar-refractivity contribution < 1.29 is 9.53 Å². The molecule has 142 valence electrons. The summed E-state index contributed by atoms with van der Waals surface area (Å²) in [5.41, 5.74) is 11.3. The molecule has 0 radical (unpaired) electrons. The van der Waals surface area contributed by atoms with E-state index in [9.17, 15) is 4.79 Å². The average Bonchev–Trinajstić information content (AvgIpc) is 3.11. The van der Waals surface area contributed by atoms with Gasteiger partial charge in [0.1, 0.15) is 12.4 Å². The molecule has 1 amide bonds. The maximum atomic E-state index is 11.7. The standard InChI is InChI=1S/C23H21ClN2O2/c24-20-10-11-21(19-13-22(27)26-23(19)20)28-14-18(25)12-15-6-8-17(9-7-15)16-4-2-1-3-5-16/h1-11,18H,12-14,25H2,(H,26,27). The van der Waals surface area contributed by atoms with Gasteiger partial charge < -0.3 is 15.8 Å². The second-order valence-electron chi connectivity index (χ2n) is 6.96. The first-order valence-electron chi connectivity index (χ1n) is 9.24. The van der Waals surface area contributed by atoms with Gasteiger partial charge in [0.2, 0.25) is 5.91 Å². The van der Waals surface area contributed by atoms with E-state index in [-0.39, 0.29) is 18.4 Å². The van der Waals surface area contributed by atoms with Crippen molar-refractivity contribution in [1.29, 1.82) is 0 Å². The van der Waals surface area contributed by atoms with Gasteiger partial charge in [0.05, 0.1) is 17.1 Å². The van der Waals surface area contributed by atoms with Crippen LogP contribution in [-0.4, -0.2) is 18.6 Å². The molecule has 28 heavy (non-hydrogen) atoms. The molecule has 3 aromatic rings. The normalized spacial score (nSPS) is 13.7. The Balaban J connectivity index is 1.37. The van der Waals surface area contributed by atoms with Crippen LogP contribution in [0.25, 0.3) is 11.1 Å². The molecule has 0 bridgehead atoms. The summed E-state index contributed by atoms with van der Waals surface area (Å²) in [6.45, 7) is 0.364. The van der Waals surface area contributed by atoms with E-state index in [4.69, 9.17) is 22.1 Å². The van der Waals surface area contributed by atoms with Crippen LogP contribution in [-0.2, 0) is 17.6 Å². The maximum absolute atomic E-state index is 11.7. The zero-order valence-electron chi connectivity index (χ0n) is 15.3. The number of nitrogens with two attached hydrogens (primary N) is 1. The number of nitrogens with one attached hydrogen (secondary N) is 1. The molecule has 3 aromatic carbocycles. The Kier molecular flexibility index (Phi) is 5.33. The van der Waals surface area contributed by atoms with Crippen LogP contribution in [0.2, 0.25) is 5.02 Å². The van der Waals surface area contributed by atoms with Crippen LogP contribution in [0.1, 0.15) is 11.1 Å². The number of hydrogen-bond donors (Lipinski definition) is 2. The highest BCUT2D eigenvalue weighted by atomic mass is 35.5. The van der Waals surface area contributed by atoms with Gasteiger partial charge in [0.15, 0.2) is 0 Å². The minimum absolute atomic E-state index is 0.0734. The molecule has 4 rings (SSSR count). The van der Waals surface area contributed by atoms with E-state index in [1.165, 1.54) is 11.1 Å². The smallest absolute Gasteiger partial charge is 0.229 e. The molecule has 0 spiro atoms. The Morgan fingerprint density at radius 1 is 1.00 bits per heavy atom. The largest absolute Gasteiger partial charge is 0.492 e. The summed E-state index contributed by atoms with van der Waals surface area (Å²) < 4.78 is 5.90. The number of carbonyl (C=O) groups is 1. The summed E-state index contributed by atoms with van der Waals surface area (Å²) in [5, 5.41) is 3.29. The summed E-state index contributed by atoms with van der Waals surface area (Å²) in [5.74, 6) is 0.586. The molecule has 1 aliphatic heterocycles. The zero-order valence-corrected chi connectivity index (χ0v) is 16.1. The minimum Gasteiger partial charge on any atom is -0.492 e. The summed E-state index contributed by atoms with van der Waals surface area (Å²) in [4.78, 5) is 11.7. The lowest BCUT2D eigenvalue weighted by Gasteiger charge is -2.16. The molecule has 1 heterocycles. The van der Waals surface area contributed by atoms with Gasteiger partial charge in [-0.1, -0.05) is 66.2 Å². The van der Waals surface area contributed by atoms with E-state index in [1.807, 2.05) is 18.2 Å². The average molecular weight is 393 g/mol. The van der Waals surface area contributed by atoms with Crippen molar-refractivity contribution in [1.82, 2.24) is 0 Å². The lowest BCUT2D eigenvalue weighted by molar-refractivity contribution is -0.115. The molecule has 3 N–H and O–H groups in total. The second kappa shape index (κ2) is 8.05. The monoisotopic (exact) mass is 392 g/mol. The van der Waals surface area contributed by atoms with Gasteiger partial charge in [-0.3, -0.25) is 4.79 Å². The molecule has 0 aliphatic carbocycles. The molecule has 0 fully saturated rings. The van der Waals surface area contributed by atoms with Gasteiger partial charge in [-0.25, -0.2) is 0 Å². The summed E-state index contributed by atoms with van der Waals surface area (Å²) >= 11 is 6.14. The number of rotatable bonds is 6. The number of amides is 1. The van der Waals surface area contributed by atoms with Gasteiger partial charge in [0.25, 0.3) is 0 Å². The molecule has 0 saturated carbocycles. The SMILES string of the molecule is NC(COc1ccc(Cl)c2c1CC(=O)N2)Cc1ccc(-c2ccccc2)cc1. The first-order valence-corrected chi connectivity index (χ1v) is 9.62. The Labute approximate surface area is 169 Å². The van der Waals surface area contributed by atoms with Gasteiger partial charge in [-0.2, -0.15) is 0 Å². The lowest BCUT2D eigenvalue weighted by atomic mass is 10.0. The highest BCUT2D eigenvalue weighted by molar-refractivity contribution is 6.34. The molecule has 1 atom stereocenters. The van der Waals surface area contributed by atoms with Crippen LogP contribution in [0.15, 0.2) is 66.7 Å². The Morgan fingerprint density at radius 3 is 2.46 bits per heavy atom. The van der Waals surface area contributed by atoms with Gasteiger partial charge in [0, 0.05) is 11.6 Å². The third-order valence-electron chi connectivity index (χ3n) is 4.83. The number of fused-ring (bicyclic) bond motifs is 1. The number of halogens is 1.